The number of methoxy groups -OCH3 is 1. The zero-order valence-electron chi connectivity index (χ0n) is 31.9. The van der Waals surface area contributed by atoms with Crippen molar-refractivity contribution in [2.75, 3.05) is 77.2 Å². The summed E-state index contributed by atoms with van der Waals surface area (Å²) >= 11 is 0. The lowest BCUT2D eigenvalue weighted by Gasteiger charge is -2.32. The van der Waals surface area contributed by atoms with Crippen molar-refractivity contribution in [3.05, 3.63) is 94.9 Å². The molecule has 4 aromatic rings. The van der Waals surface area contributed by atoms with Gasteiger partial charge < -0.3 is 39.5 Å². The van der Waals surface area contributed by atoms with E-state index in [1.807, 2.05) is 45.9 Å². The van der Waals surface area contributed by atoms with E-state index in [2.05, 4.69) is 37.4 Å². The van der Waals surface area contributed by atoms with E-state index >= 15 is 4.39 Å². The Hall–Kier alpha value is -5.53. The fourth-order valence-corrected chi connectivity index (χ4v) is 6.01. The summed E-state index contributed by atoms with van der Waals surface area (Å²) in [4.78, 5) is 41.7. The van der Waals surface area contributed by atoms with Gasteiger partial charge in [-0.2, -0.15) is 4.98 Å². The summed E-state index contributed by atoms with van der Waals surface area (Å²) in [6, 6.07) is 15.4. The molecule has 1 saturated heterocycles. The number of carbonyl (C=O) groups is 2. The number of carbonyl (C=O) groups excluding carboxylic acids is 2. The van der Waals surface area contributed by atoms with Crippen LogP contribution in [-0.2, 0) is 4.79 Å². The lowest BCUT2D eigenvalue weighted by atomic mass is 10.1. The van der Waals surface area contributed by atoms with Crippen LogP contribution in [0.4, 0.5) is 21.7 Å². The first-order valence-corrected chi connectivity index (χ1v) is 18.3. The molecule has 13 heteroatoms. The van der Waals surface area contributed by atoms with Gasteiger partial charge in [-0.1, -0.05) is 24.3 Å². The molecule has 2 N–H and O–H groups in total. The second-order valence-corrected chi connectivity index (χ2v) is 13.1. The Labute approximate surface area is 316 Å². The molecule has 5 rings (SSSR count). The Balaban J connectivity index is 1.37. The number of hydrogen-bond acceptors (Lipinski definition) is 10. The van der Waals surface area contributed by atoms with Crippen LogP contribution in [0.15, 0.2) is 66.9 Å². The number of halogens is 1. The Bertz CT molecular complexity index is 1920. The predicted octanol–water partition coefficient (Wildman–Crippen LogP) is 6.93. The largest absolute Gasteiger partial charge is 0.493 e. The summed E-state index contributed by atoms with van der Waals surface area (Å²) in [6.07, 6.45) is 5.32. The number of nitrogens with zero attached hydrogens (tertiary/aromatic N) is 5. The van der Waals surface area contributed by atoms with Crippen LogP contribution in [0, 0.1) is 19.7 Å². The molecule has 1 fully saturated rings. The lowest BCUT2D eigenvalue weighted by Crippen LogP contribution is -2.44. The van der Waals surface area contributed by atoms with Gasteiger partial charge in [0.05, 0.1) is 13.7 Å². The standard InChI is InChI=1S/C41H50FN7O5/c1-7-49(8-2)37(50)18-14-30-13-16-35(52-6)36(25-30)54-40-32(39(51)45-38-28(3)11-9-12-29(38)4)27-43-41(46-40)44-31-15-17-34(33(42)26-31)53-24-10-19-48-22-20-47(5)21-23-48/h9,11-18,25-27H,7-8,10,19-24H2,1-6H3,(H,45,51)(H,43,44,46)/b18-14+. The maximum absolute atomic E-state index is 15.2. The van der Waals surface area contributed by atoms with Gasteiger partial charge in [0.2, 0.25) is 17.7 Å². The van der Waals surface area contributed by atoms with Crippen LogP contribution in [0.1, 0.15) is 47.3 Å². The third kappa shape index (κ3) is 10.5. The molecule has 1 aliphatic heterocycles. The number of nitrogens with one attached hydrogen (secondary N) is 2. The minimum Gasteiger partial charge on any atom is -0.493 e. The van der Waals surface area contributed by atoms with Gasteiger partial charge in [-0.15, -0.1) is 0 Å². The highest BCUT2D eigenvalue weighted by Crippen LogP contribution is 2.35. The summed E-state index contributed by atoms with van der Waals surface area (Å²) in [5.74, 6) is -0.374. The minimum absolute atomic E-state index is 0.0504. The second-order valence-electron chi connectivity index (χ2n) is 13.1. The normalized spacial score (nSPS) is 13.5. The molecule has 0 saturated carbocycles. The molecule has 0 atom stereocenters. The van der Waals surface area contributed by atoms with Crippen LogP contribution >= 0.6 is 0 Å². The minimum atomic E-state index is -0.533. The average Bonchev–Trinajstić information content (AvgIpc) is 3.16. The van der Waals surface area contributed by atoms with E-state index in [4.69, 9.17) is 14.2 Å². The molecule has 3 aromatic carbocycles. The molecule has 1 aliphatic rings. The van der Waals surface area contributed by atoms with Crippen molar-refractivity contribution in [1.29, 1.82) is 0 Å². The quantitative estimate of drug-likeness (QED) is 0.0925. The first-order chi connectivity index (χ1) is 26.1. The van der Waals surface area contributed by atoms with Gasteiger partial charge in [-0.05, 0) is 88.2 Å². The van der Waals surface area contributed by atoms with Crippen molar-refractivity contribution < 1.29 is 28.2 Å². The van der Waals surface area contributed by atoms with Crippen molar-refractivity contribution in [1.82, 2.24) is 24.7 Å². The van der Waals surface area contributed by atoms with Crippen molar-refractivity contribution in [3.63, 3.8) is 0 Å². The fraction of sp³-hybridized carbons (Fsp3) is 0.366. The van der Waals surface area contributed by atoms with Crippen LogP contribution < -0.4 is 24.8 Å². The Morgan fingerprint density at radius 3 is 2.37 bits per heavy atom. The SMILES string of the molecule is CCN(CC)C(=O)/C=C/c1ccc(OC)c(Oc2nc(Nc3ccc(OCCCN4CCN(C)CC4)c(F)c3)ncc2C(=O)Nc2c(C)cccc2C)c1. The fourth-order valence-electron chi connectivity index (χ4n) is 6.01. The topological polar surface area (TPSA) is 121 Å². The first kappa shape index (κ1) is 39.7. The van der Waals surface area contributed by atoms with Crippen molar-refractivity contribution >= 4 is 35.2 Å². The van der Waals surface area contributed by atoms with E-state index in [-0.39, 0.29) is 34.8 Å². The maximum atomic E-state index is 15.2. The summed E-state index contributed by atoms with van der Waals surface area (Å²) in [5.41, 5.74) is 3.52. The molecule has 2 amide bonds. The smallest absolute Gasteiger partial charge is 0.262 e. The molecule has 0 radical (unpaired) electrons. The summed E-state index contributed by atoms with van der Waals surface area (Å²) in [6.45, 7) is 14.3. The van der Waals surface area contributed by atoms with E-state index in [0.717, 1.165) is 50.3 Å². The van der Waals surface area contributed by atoms with Gasteiger partial charge in [0, 0.05) is 75.5 Å². The highest BCUT2D eigenvalue weighted by molar-refractivity contribution is 6.06. The first-order valence-electron chi connectivity index (χ1n) is 18.3. The number of benzene rings is 3. The number of para-hydroxylation sites is 1. The Morgan fingerprint density at radius 1 is 0.963 bits per heavy atom. The lowest BCUT2D eigenvalue weighted by molar-refractivity contribution is -0.125. The number of ether oxygens (including phenoxy) is 3. The molecular formula is C41H50FN7O5. The van der Waals surface area contributed by atoms with Gasteiger partial charge in [0.15, 0.2) is 23.1 Å². The van der Waals surface area contributed by atoms with E-state index in [0.29, 0.717) is 42.4 Å². The Morgan fingerprint density at radius 2 is 1.69 bits per heavy atom. The maximum Gasteiger partial charge on any atom is 0.262 e. The average molecular weight is 740 g/mol. The Kier molecular flexibility index (Phi) is 14.0. The molecule has 12 nitrogen and oxygen atoms in total. The number of piperazine rings is 1. The molecule has 0 aliphatic carbocycles. The van der Waals surface area contributed by atoms with Crippen LogP contribution in [-0.4, -0.2) is 103 Å². The number of rotatable bonds is 16. The van der Waals surface area contributed by atoms with Crippen molar-refractivity contribution in [3.8, 4) is 23.1 Å². The van der Waals surface area contributed by atoms with Gasteiger partial charge >= 0.3 is 0 Å². The molecule has 0 unspecified atom stereocenters. The summed E-state index contributed by atoms with van der Waals surface area (Å²) in [7, 11) is 3.62. The molecular weight excluding hydrogens is 689 g/mol. The van der Waals surface area contributed by atoms with Gasteiger partial charge in [0.1, 0.15) is 5.56 Å². The third-order valence-corrected chi connectivity index (χ3v) is 9.27. The summed E-state index contributed by atoms with van der Waals surface area (Å²) < 4.78 is 32.8. The van der Waals surface area contributed by atoms with Gasteiger partial charge in [-0.25, -0.2) is 9.37 Å². The zero-order valence-corrected chi connectivity index (χ0v) is 31.9. The van der Waals surface area contributed by atoms with E-state index in [1.54, 1.807) is 41.3 Å². The number of likely N-dealkylation sites (N-methyl/N-ethyl adjacent to an activating group) is 2. The van der Waals surface area contributed by atoms with Crippen molar-refractivity contribution in [2.24, 2.45) is 0 Å². The molecule has 0 bridgehead atoms. The predicted molar refractivity (Wildman–Crippen MR) is 210 cm³/mol. The number of hydrogen-bond donors (Lipinski definition) is 2. The zero-order chi connectivity index (χ0) is 38.6. The van der Waals surface area contributed by atoms with Gasteiger partial charge in [0.25, 0.3) is 5.91 Å². The highest BCUT2D eigenvalue weighted by Gasteiger charge is 2.21. The second kappa shape index (κ2) is 19.0. The molecule has 54 heavy (non-hydrogen) atoms. The van der Waals surface area contributed by atoms with Crippen LogP contribution in [0.2, 0.25) is 0 Å². The highest BCUT2D eigenvalue weighted by atomic mass is 19.1. The number of aryl methyl sites for hydroxylation is 2. The molecule has 2 heterocycles. The van der Waals surface area contributed by atoms with Gasteiger partial charge in [-0.3, -0.25) is 9.59 Å². The summed E-state index contributed by atoms with van der Waals surface area (Å²) in [5, 5.41) is 5.98. The van der Waals surface area contributed by atoms with E-state index < -0.39 is 11.7 Å². The van der Waals surface area contributed by atoms with E-state index in [9.17, 15) is 9.59 Å². The van der Waals surface area contributed by atoms with Crippen LogP contribution in [0.25, 0.3) is 6.08 Å². The molecule has 0 spiro atoms. The third-order valence-electron chi connectivity index (χ3n) is 9.27. The number of amides is 2. The van der Waals surface area contributed by atoms with E-state index in [1.165, 1.54) is 25.4 Å². The molecule has 1 aromatic heterocycles. The monoisotopic (exact) mass is 739 g/mol. The number of aromatic nitrogens is 2. The van der Waals surface area contributed by atoms with Crippen molar-refractivity contribution in [2.45, 2.75) is 34.1 Å². The van der Waals surface area contributed by atoms with Crippen LogP contribution in [0.5, 0.6) is 23.1 Å². The molecule has 286 valence electrons. The number of anilines is 3. The van der Waals surface area contributed by atoms with Crippen LogP contribution in [0.3, 0.4) is 0 Å².